The average molecular weight is 372 g/mol. The lowest BCUT2D eigenvalue weighted by Crippen LogP contribution is -2.34. The molecule has 0 fully saturated rings. The third-order valence-corrected chi connectivity index (χ3v) is 5.80. The lowest BCUT2D eigenvalue weighted by molar-refractivity contribution is -0.117. The number of aliphatic imine (C=N–C) groups is 1. The predicted molar refractivity (Wildman–Crippen MR) is 107 cm³/mol. The summed E-state index contributed by atoms with van der Waals surface area (Å²) < 4.78 is 0. The SMILES string of the molecule is CC1(C2=CC=C(C(=O)NCCc3ccccc3O)CC2)CCSC(N)=N1. The smallest absolute Gasteiger partial charge is 0.247 e. The molecule has 0 saturated heterocycles. The first-order valence-corrected chi connectivity index (χ1v) is 9.90. The van der Waals surface area contributed by atoms with E-state index in [2.05, 4.69) is 17.2 Å². The first-order chi connectivity index (χ1) is 12.5. The lowest BCUT2D eigenvalue weighted by Gasteiger charge is -2.33. The molecule has 0 saturated carbocycles. The molecule has 138 valence electrons. The van der Waals surface area contributed by atoms with Gasteiger partial charge >= 0.3 is 0 Å². The van der Waals surface area contributed by atoms with E-state index < -0.39 is 0 Å². The Morgan fingerprint density at radius 1 is 1.35 bits per heavy atom. The average Bonchev–Trinajstić information content (AvgIpc) is 2.63. The molecule has 1 aliphatic carbocycles. The van der Waals surface area contributed by atoms with Crippen LogP contribution in [0, 0.1) is 0 Å². The van der Waals surface area contributed by atoms with E-state index in [1.54, 1.807) is 23.9 Å². The van der Waals surface area contributed by atoms with Crippen molar-refractivity contribution in [2.45, 2.75) is 38.1 Å². The van der Waals surface area contributed by atoms with Gasteiger partial charge in [-0.3, -0.25) is 9.79 Å². The van der Waals surface area contributed by atoms with Crippen molar-refractivity contribution in [3.05, 3.63) is 53.1 Å². The number of amides is 1. The number of benzene rings is 1. The molecule has 1 heterocycles. The molecule has 1 amide bonds. The fourth-order valence-corrected chi connectivity index (χ4v) is 4.31. The number of allylic oxidation sites excluding steroid dienone is 2. The number of carbonyl (C=O) groups is 1. The Morgan fingerprint density at radius 3 is 2.85 bits per heavy atom. The first kappa shape index (κ1) is 18.6. The Hall–Kier alpha value is -2.21. The summed E-state index contributed by atoms with van der Waals surface area (Å²) in [5.74, 6) is 1.21. The van der Waals surface area contributed by atoms with E-state index in [0.29, 0.717) is 24.6 Å². The zero-order chi connectivity index (χ0) is 18.6. The van der Waals surface area contributed by atoms with Gasteiger partial charge in [0, 0.05) is 17.9 Å². The second kappa shape index (κ2) is 7.99. The van der Waals surface area contributed by atoms with Gasteiger partial charge in [-0.1, -0.05) is 42.1 Å². The van der Waals surface area contributed by atoms with Crippen LogP contribution in [-0.2, 0) is 11.2 Å². The minimum Gasteiger partial charge on any atom is -0.508 e. The van der Waals surface area contributed by atoms with Crippen molar-refractivity contribution in [3.8, 4) is 5.75 Å². The highest BCUT2D eigenvalue weighted by Crippen LogP contribution is 2.36. The number of aromatic hydroxyl groups is 1. The fraction of sp³-hybridized carbons (Fsp3) is 0.400. The molecule has 0 bridgehead atoms. The summed E-state index contributed by atoms with van der Waals surface area (Å²) in [6.07, 6.45) is 7.07. The molecular formula is C20H25N3O2S. The van der Waals surface area contributed by atoms with Crippen molar-refractivity contribution in [2.24, 2.45) is 10.7 Å². The van der Waals surface area contributed by atoms with Crippen molar-refractivity contribution in [1.82, 2.24) is 5.32 Å². The summed E-state index contributed by atoms with van der Waals surface area (Å²) >= 11 is 1.60. The fourth-order valence-electron chi connectivity index (χ4n) is 3.34. The van der Waals surface area contributed by atoms with Gasteiger partial charge in [-0.05, 0) is 49.8 Å². The zero-order valence-electron chi connectivity index (χ0n) is 15.0. The second-order valence-corrected chi connectivity index (χ2v) is 7.96. The van der Waals surface area contributed by atoms with Crippen LogP contribution in [0.15, 0.2) is 52.6 Å². The number of thioether (sulfide) groups is 1. The molecule has 5 nitrogen and oxygen atoms in total. The molecule has 26 heavy (non-hydrogen) atoms. The van der Waals surface area contributed by atoms with Crippen molar-refractivity contribution in [3.63, 3.8) is 0 Å². The predicted octanol–water partition coefficient (Wildman–Crippen LogP) is 2.91. The third kappa shape index (κ3) is 4.30. The summed E-state index contributed by atoms with van der Waals surface area (Å²) in [4.78, 5) is 17.0. The van der Waals surface area contributed by atoms with Gasteiger partial charge in [0.1, 0.15) is 5.75 Å². The molecule has 1 aromatic rings. The summed E-state index contributed by atoms with van der Waals surface area (Å²) in [5, 5.41) is 13.4. The number of phenols is 1. The van der Waals surface area contributed by atoms with Gasteiger partial charge in [-0.15, -0.1) is 0 Å². The zero-order valence-corrected chi connectivity index (χ0v) is 15.8. The van der Waals surface area contributed by atoms with Crippen molar-refractivity contribution in [2.75, 3.05) is 12.3 Å². The monoisotopic (exact) mass is 371 g/mol. The Bertz CT molecular complexity index is 785. The van der Waals surface area contributed by atoms with Gasteiger partial charge < -0.3 is 16.2 Å². The van der Waals surface area contributed by atoms with Gasteiger partial charge in [0.05, 0.1) is 5.54 Å². The van der Waals surface area contributed by atoms with Crippen LogP contribution in [0.2, 0.25) is 0 Å². The minimum absolute atomic E-state index is 0.0388. The molecule has 6 heteroatoms. The van der Waals surface area contributed by atoms with Crippen LogP contribution in [-0.4, -0.2) is 34.0 Å². The van der Waals surface area contributed by atoms with Crippen molar-refractivity contribution in [1.29, 1.82) is 0 Å². The Morgan fingerprint density at radius 2 is 2.15 bits per heavy atom. The number of hydrogen-bond donors (Lipinski definition) is 3. The highest BCUT2D eigenvalue weighted by atomic mass is 32.2. The molecule has 0 aromatic heterocycles. The van der Waals surface area contributed by atoms with E-state index >= 15 is 0 Å². The van der Waals surface area contributed by atoms with Crippen LogP contribution in [0.4, 0.5) is 0 Å². The minimum atomic E-state index is -0.237. The summed E-state index contributed by atoms with van der Waals surface area (Å²) in [7, 11) is 0. The van der Waals surface area contributed by atoms with Gasteiger partial charge in [-0.25, -0.2) is 0 Å². The number of nitrogens with two attached hydrogens (primary N) is 1. The molecule has 1 unspecified atom stereocenters. The van der Waals surface area contributed by atoms with Crippen LogP contribution >= 0.6 is 11.8 Å². The molecule has 4 N–H and O–H groups in total. The van der Waals surface area contributed by atoms with E-state index in [0.717, 1.165) is 29.7 Å². The van der Waals surface area contributed by atoms with Gasteiger partial charge in [-0.2, -0.15) is 0 Å². The van der Waals surface area contributed by atoms with E-state index in [4.69, 9.17) is 5.73 Å². The number of carbonyl (C=O) groups excluding carboxylic acids is 1. The van der Waals surface area contributed by atoms with Gasteiger partial charge in [0.2, 0.25) is 5.91 Å². The Labute approximate surface area is 158 Å². The molecular weight excluding hydrogens is 346 g/mol. The van der Waals surface area contributed by atoms with E-state index in [1.165, 1.54) is 5.57 Å². The van der Waals surface area contributed by atoms with E-state index in [-0.39, 0.29) is 17.2 Å². The number of rotatable bonds is 5. The molecule has 1 aliphatic heterocycles. The number of nitrogens with zero attached hydrogens (tertiary/aromatic N) is 1. The van der Waals surface area contributed by atoms with Gasteiger partial charge in [0.25, 0.3) is 0 Å². The van der Waals surface area contributed by atoms with Crippen molar-refractivity contribution >= 4 is 22.8 Å². The number of nitrogens with one attached hydrogen (secondary N) is 1. The molecule has 3 rings (SSSR count). The van der Waals surface area contributed by atoms with E-state index in [9.17, 15) is 9.90 Å². The van der Waals surface area contributed by atoms with Crippen LogP contribution in [0.1, 0.15) is 31.7 Å². The maximum atomic E-state index is 12.4. The third-order valence-electron chi connectivity index (χ3n) is 5.00. The molecule has 1 aromatic carbocycles. The maximum absolute atomic E-state index is 12.4. The molecule has 2 aliphatic rings. The second-order valence-electron chi connectivity index (χ2n) is 6.84. The highest BCUT2D eigenvalue weighted by molar-refractivity contribution is 8.13. The topological polar surface area (TPSA) is 87.7 Å². The summed E-state index contributed by atoms with van der Waals surface area (Å²) in [5.41, 5.74) is 8.53. The normalized spacial score (nSPS) is 22.9. The Kier molecular flexibility index (Phi) is 5.71. The molecule has 1 atom stereocenters. The number of hydrogen-bond acceptors (Lipinski definition) is 5. The number of para-hydroxylation sites is 1. The maximum Gasteiger partial charge on any atom is 0.247 e. The van der Waals surface area contributed by atoms with Gasteiger partial charge in [0.15, 0.2) is 5.17 Å². The summed E-state index contributed by atoms with van der Waals surface area (Å²) in [6, 6.07) is 7.20. The summed E-state index contributed by atoms with van der Waals surface area (Å²) in [6.45, 7) is 2.62. The quantitative estimate of drug-likeness (QED) is 0.743. The number of phenolic OH excluding ortho intramolecular Hbond substituents is 1. The van der Waals surface area contributed by atoms with Crippen molar-refractivity contribution < 1.29 is 9.90 Å². The van der Waals surface area contributed by atoms with Crippen LogP contribution in [0.25, 0.3) is 0 Å². The van der Waals surface area contributed by atoms with Crippen LogP contribution < -0.4 is 11.1 Å². The molecule has 0 spiro atoms. The highest BCUT2D eigenvalue weighted by Gasteiger charge is 2.32. The molecule has 0 radical (unpaired) electrons. The van der Waals surface area contributed by atoms with E-state index in [1.807, 2.05) is 24.3 Å². The Balaban J connectivity index is 1.58. The largest absolute Gasteiger partial charge is 0.508 e. The van der Waals surface area contributed by atoms with Crippen LogP contribution in [0.3, 0.4) is 0 Å². The number of amidine groups is 1. The first-order valence-electron chi connectivity index (χ1n) is 8.91. The lowest BCUT2D eigenvalue weighted by atomic mass is 9.82. The standard InChI is InChI=1S/C20H25N3O2S/c1-20(11-13-26-19(21)23-20)16-8-6-15(7-9-16)18(25)22-12-10-14-4-2-3-5-17(14)24/h2-6,8,24H,7,9-13H2,1H3,(H2,21,23)(H,22,25). The van der Waals surface area contributed by atoms with Crippen LogP contribution in [0.5, 0.6) is 5.75 Å².